The molecule has 2 unspecified atom stereocenters. The third kappa shape index (κ3) is 5.48. The van der Waals surface area contributed by atoms with Crippen LogP contribution in [-0.4, -0.2) is 44.4 Å². The fraction of sp³-hybridized carbons (Fsp3) is 0.917. The van der Waals surface area contributed by atoms with Gasteiger partial charge in [0.1, 0.15) is 6.10 Å². The molecule has 1 aliphatic heterocycles. The number of nitrogens with two attached hydrogens (primary N) is 1. The van der Waals surface area contributed by atoms with Crippen molar-refractivity contribution in [3.63, 3.8) is 0 Å². The monoisotopic (exact) mass is 244 g/mol. The summed E-state index contributed by atoms with van der Waals surface area (Å²) in [7, 11) is 0. The van der Waals surface area contributed by atoms with Crippen LogP contribution in [0.25, 0.3) is 0 Å². The van der Waals surface area contributed by atoms with Crippen LogP contribution in [0.3, 0.4) is 0 Å². The van der Waals surface area contributed by atoms with E-state index in [1.54, 1.807) is 0 Å². The van der Waals surface area contributed by atoms with Crippen LogP contribution in [0, 0.1) is 5.92 Å². The molecule has 1 aliphatic rings. The molecular formula is C12H24N2O3. The van der Waals surface area contributed by atoms with Crippen molar-refractivity contribution in [2.75, 3.05) is 26.3 Å². The van der Waals surface area contributed by atoms with Crippen LogP contribution in [0.1, 0.15) is 26.7 Å². The van der Waals surface area contributed by atoms with Crippen LogP contribution in [-0.2, 0) is 14.3 Å². The third-order valence-electron chi connectivity index (χ3n) is 2.66. The summed E-state index contributed by atoms with van der Waals surface area (Å²) in [5.41, 5.74) is 5.49. The summed E-state index contributed by atoms with van der Waals surface area (Å²) in [5.74, 6) is 0.475. The standard InChI is InChI=1S/C12H24N2O3/c1-9(2)8-16-6-5-14-12(15)11-4-3-10(7-13)17-11/h9-11H,3-8,13H2,1-2H3,(H,14,15). The molecule has 1 heterocycles. The van der Waals surface area contributed by atoms with Crippen molar-refractivity contribution in [1.29, 1.82) is 0 Å². The Hall–Kier alpha value is -0.650. The summed E-state index contributed by atoms with van der Waals surface area (Å²) in [5, 5.41) is 2.81. The number of hydrogen-bond acceptors (Lipinski definition) is 4. The predicted molar refractivity (Wildman–Crippen MR) is 65.6 cm³/mol. The SMILES string of the molecule is CC(C)COCCNC(=O)C1CCC(CN)O1. The van der Waals surface area contributed by atoms with Gasteiger partial charge in [0.25, 0.3) is 0 Å². The summed E-state index contributed by atoms with van der Waals surface area (Å²) in [6, 6.07) is 0. The molecule has 17 heavy (non-hydrogen) atoms. The van der Waals surface area contributed by atoms with Crippen LogP contribution in [0.15, 0.2) is 0 Å². The molecule has 1 saturated heterocycles. The van der Waals surface area contributed by atoms with Gasteiger partial charge in [-0.2, -0.15) is 0 Å². The van der Waals surface area contributed by atoms with Crippen LogP contribution in [0.4, 0.5) is 0 Å². The van der Waals surface area contributed by atoms with E-state index >= 15 is 0 Å². The minimum atomic E-state index is -0.325. The second-order valence-electron chi connectivity index (χ2n) is 4.82. The number of hydrogen-bond donors (Lipinski definition) is 2. The molecule has 0 aromatic heterocycles. The second-order valence-corrected chi connectivity index (χ2v) is 4.82. The summed E-state index contributed by atoms with van der Waals surface area (Å²) in [4.78, 5) is 11.7. The first kappa shape index (κ1) is 14.4. The highest BCUT2D eigenvalue weighted by atomic mass is 16.5. The Morgan fingerprint density at radius 3 is 2.88 bits per heavy atom. The van der Waals surface area contributed by atoms with E-state index in [0.717, 1.165) is 19.4 Å². The van der Waals surface area contributed by atoms with Gasteiger partial charge >= 0.3 is 0 Å². The van der Waals surface area contributed by atoms with Crippen LogP contribution >= 0.6 is 0 Å². The van der Waals surface area contributed by atoms with E-state index in [1.807, 2.05) is 0 Å². The number of carbonyl (C=O) groups is 1. The zero-order valence-corrected chi connectivity index (χ0v) is 10.8. The van der Waals surface area contributed by atoms with Gasteiger partial charge in [-0.05, 0) is 18.8 Å². The normalized spacial score (nSPS) is 24.2. The summed E-state index contributed by atoms with van der Waals surface area (Å²) >= 11 is 0. The Balaban J connectivity index is 2.05. The van der Waals surface area contributed by atoms with Crippen LogP contribution in [0.2, 0.25) is 0 Å². The zero-order valence-electron chi connectivity index (χ0n) is 10.8. The fourth-order valence-electron chi connectivity index (χ4n) is 1.75. The number of nitrogens with one attached hydrogen (secondary N) is 1. The zero-order chi connectivity index (χ0) is 12.7. The van der Waals surface area contributed by atoms with E-state index < -0.39 is 0 Å². The average molecular weight is 244 g/mol. The van der Waals surface area contributed by atoms with Gasteiger partial charge in [-0.3, -0.25) is 4.79 Å². The van der Waals surface area contributed by atoms with Gasteiger partial charge in [0.15, 0.2) is 0 Å². The molecular weight excluding hydrogens is 220 g/mol. The van der Waals surface area contributed by atoms with Crippen molar-refractivity contribution in [1.82, 2.24) is 5.32 Å². The first-order valence-corrected chi connectivity index (χ1v) is 6.34. The van der Waals surface area contributed by atoms with Gasteiger partial charge in [-0.15, -0.1) is 0 Å². The van der Waals surface area contributed by atoms with Crippen molar-refractivity contribution in [2.45, 2.75) is 38.9 Å². The maximum Gasteiger partial charge on any atom is 0.249 e. The Labute approximate surface area is 103 Å². The van der Waals surface area contributed by atoms with Crippen molar-refractivity contribution >= 4 is 5.91 Å². The molecule has 0 aromatic rings. The van der Waals surface area contributed by atoms with Gasteiger partial charge in [0.05, 0.1) is 12.7 Å². The molecule has 0 radical (unpaired) electrons. The molecule has 1 fully saturated rings. The number of rotatable bonds is 7. The minimum absolute atomic E-state index is 0.0444. The Kier molecular flexibility index (Phi) is 6.47. The van der Waals surface area contributed by atoms with Gasteiger partial charge in [-0.25, -0.2) is 0 Å². The lowest BCUT2D eigenvalue weighted by Crippen LogP contribution is -2.37. The molecule has 5 nitrogen and oxygen atoms in total. The van der Waals surface area contributed by atoms with Crippen molar-refractivity contribution < 1.29 is 14.3 Å². The number of ether oxygens (including phenoxy) is 2. The molecule has 0 aromatic carbocycles. The van der Waals surface area contributed by atoms with E-state index in [1.165, 1.54) is 0 Å². The van der Waals surface area contributed by atoms with E-state index in [9.17, 15) is 4.79 Å². The van der Waals surface area contributed by atoms with Crippen LogP contribution in [0.5, 0.6) is 0 Å². The predicted octanol–water partition coefficient (Wildman–Crippen LogP) is 0.282. The fourth-order valence-corrected chi connectivity index (χ4v) is 1.75. The smallest absolute Gasteiger partial charge is 0.249 e. The summed E-state index contributed by atoms with van der Waals surface area (Å²) in [6.45, 7) is 6.50. The van der Waals surface area contributed by atoms with Crippen molar-refractivity contribution in [3.8, 4) is 0 Å². The highest BCUT2D eigenvalue weighted by molar-refractivity contribution is 5.80. The van der Waals surface area contributed by atoms with Gasteiger partial charge in [-0.1, -0.05) is 13.8 Å². The Bertz CT molecular complexity index is 234. The van der Waals surface area contributed by atoms with Gasteiger partial charge < -0.3 is 20.5 Å². The second kappa shape index (κ2) is 7.63. The number of amides is 1. The highest BCUT2D eigenvalue weighted by Crippen LogP contribution is 2.18. The Morgan fingerprint density at radius 1 is 1.53 bits per heavy atom. The van der Waals surface area contributed by atoms with Crippen molar-refractivity contribution in [3.05, 3.63) is 0 Å². The lowest BCUT2D eigenvalue weighted by Gasteiger charge is -2.13. The molecule has 0 spiro atoms. The highest BCUT2D eigenvalue weighted by Gasteiger charge is 2.29. The molecule has 3 N–H and O–H groups in total. The largest absolute Gasteiger partial charge is 0.379 e. The summed E-state index contributed by atoms with van der Waals surface area (Å²) in [6.07, 6.45) is 1.36. The lowest BCUT2D eigenvalue weighted by atomic mass is 10.2. The first-order valence-electron chi connectivity index (χ1n) is 6.34. The molecule has 5 heteroatoms. The molecule has 1 rings (SSSR count). The molecule has 0 aliphatic carbocycles. The van der Waals surface area contributed by atoms with Crippen LogP contribution < -0.4 is 11.1 Å². The molecule has 0 saturated carbocycles. The lowest BCUT2D eigenvalue weighted by molar-refractivity contribution is -0.132. The van der Waals surface area contributed by atoms with E-state index in [2.05, 4.69) is 19.2 Å². The number of carbonyl (C=O) groups excluding carboxylic acids is 1. The first-order chi connectivity index (χ1) is 8.13. The topological polar surface area (TPSA) is 73.6 Å². The molecule has 0 bridgehead atoms. The summed E-state index contributed by atoms with van der Waals surface area (Å²) < 4.78 is 10.9. The molecule has 1 amide bonds. The molecule has 100 valence electrons. The maximum absolute atomic E-state index is 11.7. The quantitative estimate of drug-likeness (QED) is 0.631. The van der Waals surface area contributed by atoms with Gasteiger partial charge in [0.2, 0.25) is 5.91 Å². The van der Waals surface area contributed by atoms with E-state index in [0.29, 0.717) is 25.6 Å². The van der Waals surface area contributed by atoms with Gasteiger partial charge in [0, 0.05) is 19.7 Å². The maximum atomic E-state index is 11.7. The Morgan fingerprint density at radius 2 is 2.29 bits per heavy atom. The molecule has 2 atom stereocenters. The van der Waals surface area contributed by atoms with Crippen molar-refractivity contribution in [2.24, 2.45) is 11.7 Å². The minimum Gasteiger partial charge on any atom is -0.379 e. The van der Waals surface area contributed by atoms with E-state index in [4.69, 9.17) is 15.2 Å². The third-order valence-corrected chi connectivity index (χ3v) is 2.66. The average Bonchev–Trinajstić information content (AvgIpc) is 2.76. The van der Waals surface area contributed by atoms with E-state index in [-0.39, 0.29) is 18.1 Å².